The molecule has 1 aliphatic rings. The average molecular weight is 225 g/mol. The Bertz CT molecular complexity index is 245. The van der Waals surface area contributed by atoms with Crippen LogP contribution in [-0.2, 0) is 9.59 Å². The van der Waals surface area contributed by atoms with Crippen LogP contribution in [0.2, 0.25) is 0 Å². The van der Waals surface area contributed by atoms with Gasteiger partial charge in [-0.1, -0.05) is 27.7 Å². The highest BCUT2D eigenvalue weighted by atomic mass is 16.1. The topological polar surface area (TPSA) is 46.2 Å². The van der Waals surface area contributed by atoms with Crippen molar-refractivity contribution in [3.8, 4) is 0 Å². The molecule has 0 aliphatic carbocycles. The molecule has 3 heteroatoms. The van der Waals surface area contributed by atoms with Crippen molar-refractivity contribution in [3.05, 3.63) is 0 Å². The van der Waals surface area contributed by atoms with E-state index in [-0.39, 0.29) is 35.2 Å². The standard InChI is InChI=1S/C13H23NO2/c1-8(2)12(15)10-5-11(7-14-6-10)13(16)9(3)4/h8-11,14H,5-7H2,1-4H3/t10-,11+. The Labute approximate surface area is 98.0 Å². The molecule has 0 aromatic rings. The number of ketones is 2. The first-order valence-corrected chi connectivity index (χ1v) is 6.21. The maximum atomic E-state index is 11.9. The molecule has 0 aromatic heterocycles. The summed E-state index contributed by atoms with van der Waals surface area (Å²) in [6.45, 7) is 9.18. The Balaban J connectivity index is 2.60. The molecular weight excluding hydrogens is 202 g/mol. The first kappa shape index (κ1) is 13.4. The van der Waals surface area contributed by atoms with E-state index in [1.165, 1.54) is 0 Å². The van der Waals surface area contributed by atoms with E-state index in [1.54, 1.807) is 0 Å². The number of piperidine rings is 1. The summed E-state index contributed by atoms with van der Waals surface area (Å²) in [5.41, 5.74) is 0. The maximum absolute atomic E-state index is 11.9. The van der Waals surface area contributed by atoms with Gasteiger partial charge in [0, 0.05) is 36.8 Å². The lowest BCUT2D eigenvalue weighted by Crippen LogP contribution is -2.44. The zero-order chi connectivity index (χ0) is 12.3. The first-order valence-electron chi connectivity index (χ1n) is 6.21. The summed E-state index contributed by atoms with van der Waals surface area (Å²) in [4.78, 5) is 23.8. The van der Waals surface area contributed by atoms with Gasteiger partial charge in [-0.25, -0.2) is 0 Å². The van der Waals surface area contributed by atoms with Crippen LogP contribution in [0.1, 0.15) is 34.1 Å². The number of hydrogen-bond acceptors (Lipinski definition) is 3. The molecule has 1 saturated heterocycles. The lowest BCUT2D eigenvalue weighted by molar-refractivity contribution is -0.130. The highest BCUT2D eigenvalue weighted by Crippen LogP contribution is 2.23. The second-order valence-electron chi connectivity index (χ2n) is 5.40. The predicted octanol–water partition coefficient (Wildman–Crippen LogP) is 1.66. The molecule has 0 amide bonds. The number of carbonyl (C=O) groups is 2. The SMILES string of the molecule is CC(C)C(=O)[C@@H]1CNC[C@H](C(=O)C(C)C)C1. The minimum absolute atomic E-state index is 0.0291. The Morgan fingerprint density at radius 1 is 0.938 bits per heavy atom. The van der Waals surface area contributed by atoms with E-state index in [0.717, 1.165) is 19.5 Å². The van der Waals surface area contributed by atoms with E-state index >= 15 is 0 Å². The van der Waals surface area contributed by atoms with Gasteiger partial charge in [-0.3, -0.25) is 9.59 Å². The van der Waals surface area contributed by atoms with Crippen LogP contribution in [0.15, 0.2) is 0 Å². The second kappa shape index (κ2) is 5.58. The molecule has 1 rings (SSSR count). The van der Waals surface area contributed by atoms with Crippen molar-refractivity contribution < 1.29 is 9.59 Å². The minimum Gasteiger partial charge on any atom is -0.315 e. The van der Waals surface area contributed by atoms with Gasteiger partial charge in [-0.2, -0.15) is 0 Å². The summed E-state index contributed by atoms with van der Waals surface area (Å²) >= 11 is 0. The average Bonchev–Trinajstić information content (AvgIpc) is 2.26. The zero-order valence-electron chi connectivity index (χ0n) is 10.7. The van der Waals surface area contributed by atoms with Crippen molar-refractivity contribution in [2.45, 2.75) is 34.1 Å². The smallest absolute Gasteiger partial charge is 0.139 e. The molecule has 92 valence electrons. The molecule has 0 radical (unpaired) electrons. The summed E-state index contributed by atoms with van der Waals surface area (Å²) in [6.07, 6.45) is 0.737. The van der Waals surface area contributed by atoms with Gasteiger partial charge < -0.3 is 5.32 Å². The van der Waals surface area contributed by atoms with Crippen LogP contribution in [0.5, 0.6) is 0 Å². The van der Waals surface area contributed by atoms with Crippen LogP contribution in [0.4, 0.5) is 0 Å². The highest BCUT2D eigenvalue weighted by Gasteiger charge is 2.32. The van der Waals surface area contributed by atoms with Gasteiger partial charge in [0.2, 0.25) is 0 Å². The second-order valence-corrected chi connectivity index (χ2v) is 5.40. The molecule has 0 bridgehead atoms. The van der Waals surface area contributed by atoms with Crippen LogP contribution in [-0.4, -0.2) is 24.7 Å². The number of nitrogens with one attached hydrogen (secondary N) is 1. The molecule has 0 unspecified atom stereocenters. The third-order valence-electron chi connectivity index (χ3n) is 3.29. The van der Waals surface area contributed by atoms with Crippen LogP contribution in [0, 0.1) is 23.7 Å². The number of Topliss-reactive ketones (excluding diaryl/α,β-unsaturated/α-hetero) is 2. The van der Waals surface area contributed by atoms with E-state index in [2.05, 4.69) is 5.32 Å². The number of carbonyl (C=O) groups excluding carboxylic acids is 2. The van der Waals surface area contributed by atoms with Gasteiger partial charge in [0.25, 0.3) is 0 Å². The molecule has 0 spiro atoms. The van der Waals surface area contributed by atoms with Crippen molar-refractivity contribution in [1.82, 2.24) is 5.32 Å². The van der Waals surface area contributed by atoms with Crippen molar-refractivity contribution in [2.75, 3.05) is 13.1 Å². The van der Waals surface area contributed by atoms with E-state index in [0.29, 0.717) is 0 Å². The summed E-state index contributed by atoms with van der Waals surface area (Å²) in [6, 6.07) is 0. The van der Waals surface area contributed by atoms with Gasteiger partial charge in [-0.15, -0.1) is 0 Å². The highest BCUT2D eigenvalue weighted by molar-refractivity contribution is 5.86. The summed E-state index contributed by atoms with van der Waals surface area (Å²) in [5, 5.41) is 3.21. The third kappa shape index (κ3) is 3.14. The Morgan fingerprint density at radius 3 is 1.62 bits per heavy atom. The molecule has 2 atom stereocenters. The van der Waals surface area contributed by atoms with Crippen molar-refractivity contribution in [1.29, 1.82) is 0 Å². The van der Waals surface area contributed by atoms with Gasteiger partial charge in [0.15, 0.2) is 0 Å². The molecule has 0 saturated carbocycles. The van der Waals surface area contributed by atoms with Gasteiger partial charge >= 0.3 is 0 Å². The first-order chi connectivity index (χ1) is 7.43. The Kier molecular flexibility index (Phi) is 4.66. The fraction of sp³-hybridized carbons (Fsp3) is 0.846. The van der Waals surface area contributed by atoms with Gasteiger partial charge in [-0.05, 0) is 6.42 Å². The Morgan fingerprint density at radius 2 is 1.31 bits per heavy atom. The minimum atomic E-state index is 0.0291. The quantitative estimate of drug-likeness (QED) is 0.791. The predicted molar refractivity (Wildman–Crippen MR) is 64.2 cm³/mol. The number of hydrogen-bond donors (Lipinski definition) is 1. The lowest BCUT2D eigenvalue weighted by atomic mass is 9.80. The number of rotatable bonds is 4. The summed E-state index contributed by atoms with van der Waals surface area (Å²) in [5.74, 6) is 0.768. The van der Waals surface area contributed by atoms with Crippen LogP contribution in [0.25, 0.3) is 0 Å². The normalized spacial score (nSPS) is 26.1. The van der Waals surface area contributed by atoms with Gasteiger partial charge in [0.1, 0.15) is 11.6 Å². The monoisotopic (exact) mass is 225 g/mol. The fourth-order valence-corrected chi connectivity index (χ4v) is 2.32. The molecule has 1 heterocycles. The third-order valence-corrected chi connectivity index (χ3v) is 3.29. The molecule has 0 aromatic carbocycles. The molecular formula is C13H23NO2. The fourth-order valence-electron chi connectivity index (χ4n) is 2.32. The lowest BCUT2D eigenvalue weighted by Gasteiger charge is -2.30. The Hall–Kier alpha value is -0.700. The molecule has 1 aliphatic heterocycles. The van der Waals surface area contributed by atoms with Crippen molar-refractivity contribution >= 4 is 11.6 Å². The summed E-state index contributed by atoms with van der Waals surface area (Å²) < 4.78 is 0. The van der Waals surface area contributed by atoms with Crippen molar-refractivity contribution in [3.63, 3.8) is 0 Å². The van der Waals surface area contributed by atoms with E-state index in [1.807, 2.05) is 27.7 Å². The largest absolute Gasteiger partial charge is 0.315 e. The molecule has 3 nitrogen and oxygen atoms in total. The summed E-state index contributed by atoms with van der Waals surface area (Å²) in [7, 11) is 0. The van der Waals surface area contributed by atoms with E-state index < -0.39 is 0 Å². The van der Waals surface area contributed by atoms with Crippen molar-refractivity contribution in [2.24, 2.45) is 23.7 Å². The van der Waals surface area contributed by atoms with E-state index in [4.69, 9.17) is 0 Å². The molecule has 16 heavy (non-hydrogen) atoms. The maximum Gasteiger partial charge on any atom is 0.139 e. The van der Waals surface area contributed by atoms with Gasteiger partial charge in [0.05, 0.1) is 0 Å². The van der Waals surface area contributed by atoms with Crippen LogP contribution >= 0.6 is 0 Å². The van der Waals surface area contributed by atoms with E-state index in [9.17, 15) is 9.59 Å². The zero-order valence-corrected chi connectivity index (χ0v) is 10.7. The molecule has 1 N–H and O–H groups in total. The van der Waals surface area contributed by atoms with Crippen LogP contribution < -0.4 is 5.32 Å². The molecule has 1 fully saturated rings. The van der Waals surface area contributed by atoms with Crippen LogP contribution in [0.3, 0.4) is 0 Å².